The van der Waals surface area contributed by atoms with E-state index in [2.05, 4.69) is 15.4 Å². The second kappa shape index (κ2) is 7.10. The fraction of sp³-hybridized carbons (Fsp3) is 0.333. The number of amides is 3. The van der Waals surface area contributed by atoms with Crippen LogP contribution in [0.5, 0.6) is 0 Å². The quantitative estimate of drug-likeness (QED) is 0.746. The molecule has 1 N–H and O–H groups in total. The van der Waals surface area contributed by atoms with Crippen LogP contribution in [0.25, 0.3) is 5.65 Å². The van der Waals surface area contributed by atoms with Gasteiger partial charge in [-0.2, -0.15) is 5.10 Å². The van der Waals surface area contributed by atoms with Crippen LogP contribution in [0.4, 0.5) is 10.5 Å². The van der Waals surface area contributed by atoms with Crippen molar-refractivity contribution in [1.29, 1.82) is 0 Å². The number of rotatable bonds is 2. The lowest BCUT2D eigenvalue weighted by atomic mass is 10.3. The summed E-state index contributed by atoms with van der Waals surface area (Å²) in [7, 11) is 0. The zero-order chi connectivity index (χ0) is 18.8. The Morgan fingerprint density at radius 3 is 2.74 bits per heavy atom. The summed E-state index contributed by atoms with van der Waals surface area (Å²) >= 11 is 0. The Hall–Kier alpha value is -3.36. The lowest BCUT2D eigenvalue weighted by Crippen LogP contribution is -2.39. The number of pyridine rings is 1. The van der Waals surface area contributed by atoms with Crippen molar-refractivity contribution in [3.63, 3.8) is 0 Å². The molecular weight excluding hydrogens is 348 g/mol. The first kappa shape index (κ1) is 17.1. The van der Waals surface area contributed by atoms with E-state index in [4.69, 9.17) is 4.42 Å². The second-order valence-corrected chi connectivity index (χ2v) is 6.39. The summed E-state index contributed by atoms with van der Waals surface area (Å²) in [4.78, 5) is 32.9. The number of nitrogens with one attached hydrogen (secondary N) is 1. The van der Waals surface area contributed by atoms with Gasteiger partial charge in [-0.15, -0.1) is 0 Å². The molecule has 0 aliphatic carbocycles. The molecule has 1 saturated heterocycles. The molecule has 140 valence electrons. The number of urea groups is 1. The molecule has 9 heteroatoms. The van der Waals surface area contributed by atoms with Crippen LogP contribution in [0.1, 0.15) is 22.8 Å². The Labute approximate surface area is 155 Å². The SMILES string of the molecule is Cc1nc2c(NC(=O)N3CCCN(C(=O)c4ccco4)CC3)cccn2n1. The van der Waals surface area contributed by atoms with Crippen molar-refractivity contribution < 1.29 is 14.0 Å². The van der Waals surface area contributed by atoms with Gasteiger partial charge < -0.3 is 19.5 Å². The molecule has 27 heavy (non-hydrogen) atoms. The standard InChI is InChI=1S/C18H20N6O3/c1-13-19-16-14(5-2-9-24(16)21-13)20-18(26)23-8-4-7-22(10-11-23)17(25)15-6-3-12-27-15/h2-3,5-6,9,12H,4,7-8,10-11H2,1H3,(H,20,26). The molecule has 3 aromatic heterocycles. The lowest BCUT2D eigenvalue weighted by molar-refractivity contribution is 0.0731. The van der Waals surface area contributed by atoms with E-state index < -0.39 is 0 Å². The molecule has 0 radical (unpaired) electrons. The fourth-order valence-electron chi connectivity index (χ4n) is 3.18. The summed E-state index contributed by atoms with van der Waals surface area (Å²) in [5.74, 6) is 0.811. The van der Waals surface area contributed by atoms with Crippen molar-refractivity contribution in [3.8, 4) is 0 Å². The number of carbonyl (C=O) groups is 2. The smallest absolute Gasteiger partial charge is 0.322 e. The molecule has 0 saturated carbocycles. The van der Waals surface area contributed by atoms with Gasteiger partial charge in [0.1, 0.15) is 5.82 Å². The fourth-order valence-corrected chi connectivity index (χ4v) is 3.18. The first-order valence-corrected chi connectivity index (χ1v) is 8.82. The maximum atomic E-state index is 12.7. The highest BCUT2D eigenvalue weighted by Crippen LogP contribution is 2.16. The predicted molar refractivity (Wildman–Crippen MR) is 97.5 cm³/mol. The van der Waals surface area contributed by atoms with E-state index in [0.29, 0.717) is 55.5 Å². The first-order valence-electron chi connectivity index (χ1n) is 8.82. The van der Waals surface area contributed by atoms with Gasteiger partial charge >= 0.3 is 6.03 Å². The van der Waals surface area contributed by atoms with Crippen molar-refractivity contribution in [2.75, 3.05) is 31.5 Å². The highest BCUT2D eigenvalue weighted by molar-refractivity contribution is 5.93. The van der Waals surface area contributed by atoms with Crippen LogP contribution in [-0.4, -0.2) is 62.5 Å². The Kier molecular flexibility index (Phi) is 4.49. The molecule has 0 aromatic carbocycles. The minimum atomic E-state index is -0.212. The Morgan fingerprint density at radius 1 is 1.11 bits per heavy atom. The van der Waals surface area contributed by atoms with Gasteiger partial charge in [-0.3, -0.25) is 4.79 Å². The largest absolute Gasteiger partial charge is 0.459 e. The van der Waals surface area contributed by atoms with Gasteiger partial charge in [-0.1, -0.05) is 0 Å². The van der Waals surface area contributed by atoms with E-state index in [1.165, 1.54) is 6.26 Å². The van der Waals surface area contributed by atoms with E-state index in [9.17, 15) is 9.59 Å². The molecule has 0 unspecified atom stereocenters. The molecular formula is C18H20N6O3. The summed E-state index contributed by atoms with van der Waals surface area (Å²) in [6, 6.07) is 6.74. The predicted octanol–water partition coefficient (Wildman–Crippen LogP) is 2.01. The number of hydrogen-bond acceptors (Lipinski definition) is 5. The topological polar surface area (TPSA) is 96.0 Å². The second-order valence-electron chi connectivity index (χ2n) is 6.39. The molecule has 1 aliphatic heterocycles. The number of carbonyl (C=O) groups excluding carboxylic acids is 2. The Morgan fingerprint density at radius 2 is 1.93 bits per heavy atom. The Balaban J connectivity index is 1.43. The molecule has 3 aromatic rings. The minimum Gasteiger partial charge on any atom is -0.459 e. The molecule has 0 atom stereocenters. The molecule has 9 nitrogen and oxygen atoms in total. The maximum absolute atomic E-state index is 12.7. The van der Waals surface area contributed by atoms with E-state index in [1.54, 1.807) is 45.6 Å². The number of aromatic nitrogens is 3. The lowest BCUT2D eigenvalue weighted by Gasteiger charge is -2.22. The average Bonchev–Trinajstić information content (AvgIpc) is 3.25. The van der Waals surface area contributed by atoms with Crippen molar-refractivity contribution >= 4 is 23.3 Å². The van der Waals surface area contributed by atoms with Crippen LogP contribution in [0.2, 0.25) is 0 Å². The number of anilines is 1. The molecule has 3 amide bonds. The number of aryl methyl sites for hydroxylation is 1. The zero-order valence-corrected chi connectivity index (χ0v) is 15.0. The number of furan rings is 1. The van der Waals surface area contributed by atoms with Gasteiger partial charge in [0.2, 0.25) is 0 Å². The molecule has 0 spiro atoms. The Bertz CT molecular complexity index is 965. The van der Waals surface area contributed by atoms with Gasteiger partial charge in [0.25, 0.3) is 5.91 Å². The van der Waals surface area contributed by atoms with Gasteiger partial charge in [0.05, 0.1) is 12.0 Å². The number of hydrogen-bond donors (Lipinski definition) is 1. The molecule has 1 fully saturated rings. The number of nitrogens with zero attached hydrogens (tertiary/aromatic N) is 5. The van der Waals surface area contributed by atoms with Crippen molar-refractivity contribution in [3.05, 3.63) is 48.3 Å². The summed E-state index contributed by atoms with van der Waals surface area (Å²) in [5, 5.41) is 7.16. The third-order valence-electron chi connectivity index (χ3n) is 4.51. The molecule has 4 heterocycles. The zero-order valence-electron chi connectivity index (χ0n) is 15.0. The van der Waals surface area contributed by atoms with Crippen molar-refractivity contribution in [1.82, 2.24) is 24.4 Å². The van der Waals surface area contributed by atoms with Crippen molar-refractivity contribution in [2.24, 2.45) is 0 Å². The van der Waals surface area contributed by atoms with Crippen LogP contribution >= 0.6 is 0 Å². The van der Waals surface area contributed by atoms with Crippen molar-refractivity contribution in [2.45, 2.75) is 13.3 Å². The highest BCUT2D eigenvalue weighted by Gasteiger charge is 2.24. The van der Waals surface area contributed by atoms with Crippen LogP contribution in [0.15, 0.2) is 41.1 Å². The van der Waals surface area contributed by atoms with Gasteiger partial charge in [-0.25, -0.2) is 14.3 Å². The van der Waals surface area contributed by atoms with Gasteiger partial charge in [0, 0.05) is 32.4 Å². The average molecular weight is 368 g/mol. The monoisotopic (exact) mass is 368 g/mol. The van der Waals surface area contributed by atoms with Crippen LogP contribution in [0, 0.1) is 6.92 Å². The molecule has 4 rings (SSSR count). The van der Waals surface area contributed by atoms with Crippen LogP contribution in [-0.2, 0) is 0 Å². The first-order chi connectivity index (χ1) is 13.1. The van der Waals surface area contributed by atoms with Crippen LogP contribution < -0.4 is 5.32 Å². The van der Waals surface area contributed by atoms with Gasteiger partial charge in [0.15, 0.2) is 11.4 Å². The number of fused-ring (bicyclic) bond motifs is 1. The van der Waals surface area contributed by atoms with E-state index in [1.807, 2.05) is 6.07 Å². The van der Waals surface area contributed by atoms with Gasteiger partial charge in [-0.05, 0) is 37.6 Å². The summed E-state index contributed by atoms with van der Waals surface area (Å²) < 4.78 is 6.82. The molecule has 0 bridgehead atoms. The highest BCUT2D eigenvalue weighted by atomic mass is 16.3. The third-order valence-corrected chi connectivity index (χ3v) is 4.51. The normalized spacial score (nSPS) is 15.0. The maximum Gasteiger partial charge on any atom is 0.322 e. The summed E-state index contributed by atoms with van der Waals surface area (Å²) in [5.41, 5.74) is 1.21. The summed E-state index contributed by atoms with van der Waals surface area (Å²) in [6.45, 7) is 3.87. The van der Waals surface area contributed by atoms with E-state index in [0.717, 1.165) is 0 Å². The minimum absolute atomic E-state index is 0.147. The van der Waals surface area contributed by atoms with E-state index >= 15 is 0 Å². The van der Waals surface area contributed by atoms with E-state index in [-0.39, 0.29) is 11.9 Å². The summed E-state index contributed by atoms with van der Waals surface area (Å²) in [6.07, 6.45) is 3.97. The van der Waals surface area contributed by atoms with Crippen LogP contribution in [0.3, 0.4) is 0 Å². The third kappa shape index (κ3) is 3.48. The molecule has 1 aliphatic rings.